The number of nitrogens with zero attached hydrogens (tertiary/aromatic N) is 2. The molecule has 2 heterocycles. The van der Waals surface area contributed by atoms with Gasteiger partial charge in [-0.25, -0.2) is 0 Å². The second kappa shape index (κ2) is 7.17. The van der Waals surface area contributed by atoms with Crippen molar-refractivity contribution in [1.29, 1.82) is 0 Å². The molecule has 128 valence electrons. The van der Waals surface area contributed by atoms with Crippen LogP contribution >= 0.6 is 0 Å². The van der Waals surface area contributed by atoms with E-state index in [4.69, 9.17) is 4.52 Å². The Morgan fingerprint density at radius 3 is 2.64 bits per heavy atom. The highest BCUT2D eigenvalue weighted by Crippen LogP contribution is 2.25. The van der Waals surface area contributed by atoms with E-state index in [0.29, 0.717) is 30.0 Å². The minimum Gasteiger partial charge on any atom is -0.508 e. The Morgan fingerprint density at radius 2 is 1.96 bits per heavy atom. The van der Waals surface area contributed by atoms with Crippen LogP contribution in [0.1, 0.15) is 27.4 Å². The lowest BCUT2D eigenvalue weighted by molar-refractivity contribution is 0.0954. The van der Waals surface area contributed by atoms with Gasteiger partial charge in [0.05, 0.1) is 17.0 Å². The Morgan fingerprint density at radius 1 is 1.20 bits per heavy atom. The zero-order valence-electron chi connectivity index (χ0n) is 14.1. The summed E-state index contributed by atoms with van der Waals surface area (Å²) in [4.78, 5) is 16.7. The highest BCUT2D eigenvalue weighted by Gasteiger charge is 2.14. The van der Waals surface area contributed by atoms with Crippen molar-refractivity contribution in [1.82, 2.24) is 15.5 Å². The van der Waals surface area contributed by atoms with E-state index in [1.54, 1.807) is 30.5 Å². The maximum Gasteiger partial charge on any atom is 0.251 e. The smallest absolute Gasteiger partial charge is 0.251 e. The summed E-state index contributed by atoms with van der Waals surface area (Å²) in [6.07, 6.45) is 2.30. The second-order valence-electron chi connectivity index (χ2n) is 5.80. The van der Waals surface area contributed by atoms with Gasteiger partial charge in [0.15, 0.2) is 0 Å². The number of nitrogens with one attached hydrogen (secondary N) is 1. The molecule has 0 saturated carbocycles. The Bertz CT molecular complexity index is 866. The van der Waals surface area contributed by atoms with Crippen LogP contribution in [0.15, 0.2) is 47.1 Å². The third-order valence-electron chi connectivity index (χ3n) is 3.95. The lowest BCUT2D eigenvalue weighted by Gasteiger charge is -2.07. The number of benzene rings is 1. The van der Waals surface area contributed by atoms with Gasteiger partial charge >= 0.3 is 0 Å². The maximum atomic E-state index is 12.4. The van der Waals surface area contributed by atoms with E-state index >= 15 is 0 Å². The van der Waals surface area contributed by atoms with E-state index in [9.17, 15) is 9.90 Å². The molecule has 1 aromatic carbocycles. The van der Waals surface area contributed by atoms with Gasteiger partial charge in [0.1, 0.15) is 11.5 Å². The van der Waals surface area contributed by atoms with Crippen LogP contribution in [0.25, 0.3) is 11.3 Å². The number of phenolic OH excluding ortho intramolecular Hbond substituents is 1. The van der Waals surface area contributed by atoms with Gasteiger partial charge in [0, 0.05) is 18.3 Å². The van der Waals surface area contributed by atoms with Gasteiger partial charge in [-0.1, -0.05) is 17.3 Å². The Balaban J connectivity index is 1.66. The number of rotatable bonds is 5. The topological polar surface area (TPSA) is 88.2 Å². The molecule has 25 heavy (non-hydrogen) atoms. The fraction of sp³-hybridized carbons (Fsp3) is 0.211. The summed E-state index contributed by atoms with van der Waals surface area (Å²) in [5.41, 5.74) is 3.82. The lowest BCUT2D eigenvalue weighted by Crippen LogP contribution is -2.25. The summed E-state index contributed by atoms with van der Waals surface area (Å²) >= 11 is 0. The SMILES string of the molecule is Cc1noc(C)c1-c1cc(C(=O)NCCc2ccc(O)cc2)ccn1. The molecule has 0 spiro atoms. The first-order valence-electron chi connectivity index (χ1n) is 8.00. The number of aromatic hydroxyl groups is 1. The molecule has 0 unspecified atom stereocenters. The predicted octanol–water partition coefficient (Wildman–Crippen LogP) is 3.03. The van der Waals surface area contributed by atoms with Crippen LogP contribution in [0.5, 0.6) is 5.75 Å². The fourth-order valence-corrected chi connectivity index (χ4v) is 2.64. The van der Waals surface area contributed by atoms with Crippen LogP contribution in [0.4, 0.5) is 0 Å². The van der Waals surface area contributed by atoms with Crippen LogP contribution in [0.3, 0.4) is 0 Å². The number of aryl methyl sites for hydroxylation is 2. The molecule has 0 saturated heterocycles. The van der Waals surface area contributed by atoms with Gasteiger partial charge in [0.25, 0.3) is 5.91 Å². The van der Waals surface area contributed by atoms with E-state index in [1.165, 1.54) is 0 Å². The van der Waals surface area contributed by atoms with Crippen molar-refractivity contribution < 1.29 is 14.4 Å². The van der Waals surface area contributed by atoms with Crippen LogP contribution in [0, 0.1) is 13.8 Å². The first-order valence-corrected chi connectivity index (χ1v) is 8.00. The number of phenols is 1. The van der Waals surface area contributed by atoms with Crippen molar-refractivity contribution >= 4 is 5.91 Å². The van der Waals surface area contributed by atoms with Crippen molar-refractivity contribution in [3.8, 4) is 17.0 Å². The molecule has 2 aromatic heterocycles. The monoisotopic (exact) mass is 337 g/mol. The van der Waals surface area contributed by atoms with E-state index in [0.717, 1.165) is 16.8 Å². The van der Waals surface area contributed by atoms with Gasteiger partial charge in [-0.3, -0.25) is 9.78 Å². The molecule has 0 aliphatic rings. The normalized spacial score (nSPS) is 10.6. The molecule has 1 amide bonds. The van der Waals surface area contributed by atoms with Crippen molar-refractivity contribution in [3.05, 3.63) is 65.2 Å². The van der Waals surface area contributed by atoms with Gasteiger partial charge in [-0.2, -0.15) is 0 Å². The van der Waals surface area contributed by atoms with Gasteiger partial charge < -0.3 is 14.9 Å². The minimum atomic E-state index is -0.158. The summed E-state index contributed by atoms with van der Waals surface area (Å²) in [5.74, 6) is 0.750. The highest BCUT2D eigenvalue weighted by molar-refractivity contribution is 5.95. The second-order valence-corrected chi connectivity index (χ2v) is 5.80. The summed E-state index contributed by atoms with van der Waals surface area (Å²) in [5, 5.41) is 16.1. The fourth-order valence-electron chi connectivity index (χ4n) is 2.64. The number of amides is 1. The number of pyridine rings is 1. The molecule has 0 aliphatic heterocycles. The summed E-state index contributed by atoms with van der Waals surface area (Å²) in [7, 11) is 0. The Kier molecular flexibility index (Phi) is 4.79. The van der Waals surface area contributed by atoms with Gasteiger partial charge in [-0.15, -0.1) is 0 Å². The van der Waals surface area contributed by atoms with Crippen LogP contribution < -0.4 is 5.32 Å². The van der Waals surface area contributed by atoms with E-state index in [-0.39, 0.29) is 11.7 Å². The van der Waals surface area contributed by atoms with Crippen molar-refractivity contribution in [2.75, 3.05) is 6.54 Å². The van der Waals surface area contributed by atoms with E-state index in [2.05, 4.69) is 15.5 Å². The van der Waals surface area contributed by atoms with Crippen LogP contribution in [-0.4, -0.2) is 27.7 Å². The number of hydrogen-bond donors (Lipinski definition) is 2. The number of hydrogen-bond acceptors (Lipinski definition) is 5. The molecule has 3 aromatic rings. The van der Waals surface area contributed by atoms with E-state index in [1.807, 2.05) is 26.0 Å². The first kappa shape index (κ1) is 16.7. The van der Waals surface area contributed by atoms with Crippen molar-refractivity contribution in [2.24, 2.45) is 0 Å². The molecular weight excluding hydrogens is 318 g/mol. The average molecular weight is 337 g/mol. The third-order valence-corrected chi connectivity index (χ3v) is 3.95. The Hall–Kier alpha value is -3.15. The van der Waals surface area contributed by atoms with Gasteiger partial charge in [-0.05, 0) is 50.1 Å². The lowest BCUT2D eigenvalue weighted by atomic mass is 10.1. The number of carbonyl (C=O) groups excluding carboxylic acids is 1. The molecule has 6 nitrogen and oxygen atoms in total. The predicted molar refractivity (Wildman–Crippen MR) is 93.4 cm³/mol. The van der Waals surface area contributed by atoms with Crippen molar-refractivity contribution in [2.45, 2.75) is 20.3 Å². The number of carbonyl (C=O) groups is 1. The molecule has 0 aliphatic carbocycles. The third kappa shape index (κ3) is 3.85. The van der Waals surface area contributed by atoms with E-state index < -0.39 is 0 Å². The molecule has 0 atom stereocenters. The summed E-state index contributed by atoms with van der Waals surface area (Å²) in [6, 6.07) is 10.4. The minimum absolute atomic E-state index is 0.158. The molecular formula is C19H19N3O3. The molecule has 0 fully saturated rings. The number of aromatic nitrogens is 2. The average Bonchev–Trinajstić information content (AvgIpc) is 2.95. The molecule has 6 heteroatoms. The Labute approximate surface area is 145 Å². The van der Waals surface area contributed by atoms with Gasteiger partial charge in [0.2, 0.25) is 0 Å². The molecule has 0 bridgehead atoms. The zero-order chi connectivity index (χ0) is 17.8. The zero-order valence-corrected chi connectivity index (χ0v) is 14.1. The summed E-state index contributed by atoms with van der Waals surface area (Å²) in [6.45, 7) is 4.17. The molecule has 3 rings (SSSR count). The molecule has 2 N–H and O–H groups in total. The van der Waals surface area contributed by atoms with Crippen LogP contribution in [-0.2, 0) is 6.42 Å². The summed E-state index contributed by atoms with van der Waals surface area (Å²) < 4.78 is 5.16. The quantitative estimate of drug-likeness (QED) is 0.747. The van der Waals surface area contributed by atoms with Crippen molar-refractivity contribution in [3.63, 3.8) is 0 Å². The standard InChI is InChI=1S/C19H19N3O3/c1-12-18(13(2)25-22-12)17-11-15(8-10-20-17)19(24)21-9-7-14-3-5-16(23)6-4-14/h3-6,8,10-11,23H,7,9H2,1-2H3,(H,21,24). The maximum absolute atomic E-state index is 12.4. The first-order chi connectivity index (χ1) is 12.0. The molecule has 0 radical (unpaired) electrons. The van der Waals surface area contributed by atoms with Crippen LogP contribution in [0.2, 0.25) is 0 Å². The highest BCUT2D eigenvalue weighted by atomic mass is 16.5. The largest absolute Gasteiger partial charge is 0.508 e.